The number of thiazole rings is 1. The van der Waals surface area contributed by atoms with Crippen molar-refractivity contribution >= 4 is 34.0 Å². The third kappa shape index (κ3) is 7.86. The summed E-state index contributed by atoms with van der Waals surface area (Å²) in [6.45, 7) is 25.8. The number of hydrogen-bond acceptors (Lipinski definition) is 6. The second-order valence-electron chi connectivity index (χ2n) is 14.0. The van der Waals surface area contributed by atoms with Crippen LogP contribution in [-0.4, -0.2) is 53.2 Å². The molecule has 9 heteroatoms. The SMILES string of the molecule is COc1ccc(Cn2c(/C=C/[C@H]3C[C@H](O[Si](C)(C)C(C)(C)C)[C@@H](CO[Si](C)(C)C(C)(C)C)O3)c(C)sc2=O)cc1. The molecule has 1 aromatic carbocycles. The summed E-state index contributed by atoms with van der Waals surface area (Å²) < 4.78 is 27.3. The fraction of sp³-hybridized carbons (Fsp3) is 0.645. The van der Waals surface area contributed by atoms with Crippen molar-refractivity contribution in [2.45, 2.75) is 116 Å². The van der Waals surface area contributed by atoms with Crippen LogP contribution in [0, 0.1) is 6.92 Å². The number of aryl methyl sites for hydroxylation is 1. The highest BCUT2D eigenvalue weighted by Crippen LogP contribution is 2.41. The van der Waals surface area contributed by atoms with Gasteiger partial charge in [0, 0.05) is 11.3 Å². The summed E-state index contributed by atoms with van der Waals surface area (Å²) >= 11 is 1.29. The van der Waals surface area contributed by atoms with E-state index in [1.807, 2.05) is 35.8 Å². The van der Waals surface area contributed by atoms with E-state index in [0.29, 0.717) is 13.2 Å². The smallest absolute Gasteiger partial charge is 0.308 e. The molecule has 6 nitrogen and oxygen atoms in total. The summed E-state index contributed by atoms with van der Waals surface area (Å²) in [5, 5.41) is 0.238. The van der Waals surface area contributed by atoms with Crippen molar-refractivity contribution in [3.63, 3.8) is 0 Å². The number of hydrogen-bond donors (Lipinski definition) is 0. The number of ether oxygens (including phenoxy) is 2. The van der Waals surface area contributed by atoms with E-state index in [1.165, 1.54) is 11.3 Å². The Morgan fingerprint density at radius 1 is 1.02 bits per heavy atom. The third-order valence-electron chi connectivity index (χ3n) is 8.98. The highest BCUT2D eigenvalue weighted by molar-refractivity contribution is 7.09. The predicted octanol–water partition coefficient (Wildman–Crippen LogP) is 7.86. The van der Waals surface area contributed by atoms with Crippen LogP contribution in [0.4, 0.5) is 0 Å². The number of aromatic nitrogens is 1. The molecule has 0 bridgehead atoms. The van der Waals surface area contributed by atoms with E-state index in [9.17, 15) is 4.79 Å². The Morgan fingerprint density at radius 2 is 1.62 bits per heavy atom. The van der Waals surface area contributed by atoms with Gasteiger partial charge in [-0.1, -0.05) is 71.1 Å². The minimum atomic E-state index is -2.01. The lowest BCUT2D eigenvalue weighted by Gasteiger charge is -2.40. The monoisotopic (exact) mass is 605 g/mol. The minimum absolute atomic E-state index is 0.0228. The molecule has 0 unspecified atom stereocenters. The maximum absolute atomic E-state index is 12.9. The number of benzene rings is 1. The van der Waals surface area contributed by atoms with Crippen molar-refractivity contribution < 1.29 is 18.3 Å². The predicted molar refractivity (Wildman–Crippen MR) is 173 cm³/mol. The highest BCUT2D eigenvalue weighted by atomic mass is 32.1. The molecule has 0 aliphatic carbocycles. The largest absolute Gasteiger partial charge is 0.497 e. The molecular weight excluding hydrogens is 555 g/mol. The standard InChI is InChI=1S/C31H51NO5SSi2/c1-22-26(32(29(33)38-22)20-23-13-15-24(34-8)16-14-23)18-17-25-19-27(37-40(11,12)31(5,6)7)28(36-25)21-35-39(9,10)30(2,3)4/h13-18,25,27-28H,19-21H2,1-12H3/b18-17+/t25-,27-,28+/m0/s1. The molecule has 1 aliphatic rings. The molecule has 3 atom stereocenters. The average Bonchev–Trinajstić information content (AvgIpc) is 3.33. The van der Waals surface area contributed by atoms with Crippen LogP contribution in [0.5, 0.6) is 5.75 Å². The Morgan fingerprint density at radius 3 is 2.17 bits per heavy atom. The van der Waals surface area contributed by atoms with E-state index < -0.39 is 16.6 Å². The zero-order valence-electron chi connectivity index (χ0n) is 26.7. The van der Waals surface area contributed by atoms with Gasteiger partial charge in [-0.15, -0.1) is 0 Å². The van der Waals surface area contributed by atoms with Gasteiger partial charge in [-0.25, -0.2) is 0 Å². The number of rotatable bonds is 10. The van der Waals surface area contributed by atoms with Crippen LogP contribution in [-0.2, 0) is 20.1 Å². The Hall–Kier alpha value is -1.50. The zero-order valence-corrected chi connectivity index (χ0v) is 29.5. The lowest BCUT2D eigenvalue weighted by Crippen LogP contribution is -2.48. The summed E-state index contributed by atoms with van der Waals surface area (Å²) in [5.41, 5.74) is 1.98. The van der Waals surface area contributed by atoms with E-state index in [0.717, 1.165) is 28.3 Å². The van der Waals surface area contributed by atoms with Crippen LogP contribution in [0.15, 0.2) is 35.1 Å². The Bertz CT molecular complexity index is 1220. The highest BCUT2D eigenvalue weighted by Gasteiger charge is 2.45. The summed E-state index contributed by atoms with van der Waals surface area (Å²) in [4.78, 5) is 13.9. The molecule has 224 valence electrons. The van der Waals surface area contributed by atoms with Crippen molar-refractivity contribution in [3.05, 3.63) is 56.1 Å². The van der Waals surface area contributed by atoms with Crippen LogP contribution >= 0.6 is 11.3 Å². The Kier molecular flexibility index (Phi) is 10.2. The summed E-state index contributed by atoms with van der Waals surface area (Å²) in [7, 11) is -2.28. The van der Waals surface area contributed by atoms with Gasteiger partial charge in [0.1, 0.15) is 11.9 Å². The molecule has 0 saturated carbocycles. The van der Waals surface area contributed by atoms with Gasteiger partial charge in [0.2, 0.25) is 0 Å². The van der Waals surface area contributed by atoms with E-state index in [2.05, 4.69) is 79.9 Å². The van der Waals surface area contributed by atoms with Gasteiger partial charge in [-0.3, -0.25) is 9.36 Å². The normalized spacial score (nSPS) is 20.9. The van der Waals surface area contributed by atoms with Crippen LogP contribution in [0.2, 0.25) is 36.3 Å². The first-order valence-corrected chi connectivity index (χ1v) is 21.0. The molecule has 3 rings (SSSR count). The lowest BCUT2D eigenvalue weighted by atomic mass is 10.1. The third-order valence-corrected chi connectivity index (χ3v) is 18.9. The maximum atomic E-state index is 12.9. The first-order valence-electron chi connectivity index (χ1n) is 14.3. The molecule has 0 radical (unpaired) electrons. The second kappa shape index (κ2) is 12.4. The zero-order chi connectivity index (χ0) is 30.1. The summed E-state index contributed by atoms with van der Waals surface area (Å²) in [6, 6.07) is 7.86. The van der Waals surface area contributed by atoms with Crippen molar-refractivity contribution in [2.75, 3.05) is 13.7 Å². The molecule has 1 aromatic heterocycles. The Balaban J connectivity index is 1.82. The lowest BCUT2D eigenvalue weighted by molar-refractivity contribution is -0.00365. The number of methoxy groups -OCH3 is 1. The van der Waals surface area contributed by atoms with Crippen LogP contribution in [0.1, 0.15) is 64.1 Å². The molecular formula is C31H51NO5SSi2. The Labute approximate surface area is 248 Å². The van der Waals surface area contributed by atoms with Gasteiger partial charge in [0.25, 0.3) is 0 Å². The van der Waals surface area contributed by atoms with Crippen molar-refractivity contribution in [1.29, 1.82) is 0 Å². The average molecular weight is 606 g/mol. The molecule has 1 saturated heterocycles. The molecule has 0 N–H and O–H groups in total. The molecule has 0 spiro atoms. The first-order chi connectivity index (χ1) is 18.3. The fourth-order valence-corrected chi connectivity index (χ4v) is 7.39. The van der Waals surface area contributed by atoms with Crippen molar-refractivity contribution in [2.24, 2.45) is 0 Å². The van der Waals surface area contributed by atoms with Gasteiger partial charge in [0.15, 0.2) is 16.6 Å². The van der Waals surface area contributed by atoms with E-state index in [4.69, 9.17) is 18.3 Å². The number of nitrogens with zero attached hydrogens (tertiary/aromatic N) is 1. The molecule has 2 aromatic rings. The maximum Gasteiger partial charge on any atom is 0.308 e. The summed E-state index contributed by atoms with van der Waals surface area (Å²) in [5.74, 6) is 0.803. The minimum Gasteiger partial charge on any atom is -0.497 e. The molecule has 2 heterocycles. The van der Waals surface area contributed by atoms with Gasteiger partial charge in [0.05, 0.1) is 38.2 Å². The van der Waals surface area contributed by atoms with Crippen molar-refractivity contribution in [1.82, 2.24) is 4.57 Å². The van der Waals surface area contributed by atoms with Crippen LogP contribution < -0.4 is 9.61 Å². The topological polar surface area (TPSA) is 58.9 Å². The van der Waals surface area contributed by atoms with Crippen molar-refractivity contribution in [3.8, 4) is 5.75 Å². The fourth-order valence-electron chi connectivity index (χ4n) is 4.20. The van der Waals surface area contributed by atoms with E-state index in [1.54, 1.807) is 7.11 Å². The molecule has 1 aliphatic heterocycles. The van der Waals surface area contributed by atoms with Gasteiger partial charge in [-0.2, -0.15) is 0 Å². The van der Waals surface area contributed by atoms with Gasteiger partial charge in [-0.05, 0) is 67.0 Å². The first kappa shape index (κ1) is 33.0. The quantitative estimate of drug-likeness (QED) is 0.258. The van der Waals surface area contributed by atoms with Gasteiger partial charge >= 0.3 is 4.87 Å². The van der Waals surface area contributed by atoms with Crippen LogP contribution in [0.3, 0.4) is 0 Å². The van der Waals surface area contributed by atoms with E-state index >= 15 is 0 Å². The summed E-state index contributed by atoms with van der Waals surface area (Å²) in [6.07, 6.45) is 4.69. The van der Waals surface area contributed by atoms with E-state index in [-0.39, 0.29) is 33.3 Å². The molecule has 40 heavy (non-hydrogen) atoms. The van der Waals surface area contributed by atoms with Gasteiger partial charge < -0.3 is 18.3 Å². The van der Waals surface area contributed by atoms with Crippen LogP contribution in [0.25, 0.3) is 6.08 Å². The molecule has 1 fully saturated rings. The second-order valence-corrected chi connectivity index (χ2v) is 24.8. The molecule has 0 amide bonds.